The van der Waals surface area contributed by atoms with Crippen LogP contribution < -0.4 is 10.6 Å². The normalized spacial score (nSPS) is 15.2. The van der Waals surface area contributed by atoms with Gasteiger partial charge in [-0.2, -0.15) is 0 Å². The second-order valence-electron chi connectivity index (χ2n) is 7.42. The van der Waals surface area contributed by atoms with Gasteiger partial charge in [0.15, 0.2) is 5.96 Å². The van der Waals surface area contributed by atoms with Crippen LogP contribution in [0.2, 0.25) is 0 Å². The third kappa shape index (κ3) is 6.59. The minimum atomic E-state index is -0.255. The Kier molecular flexibility index (Phi) is 7.61. The van der Waals surface area contributed by atoms with Crippen molar-refractivity contribution < 1.29 is 9.18 Å². The molecule has 1 aliphatic rings. The lowest BCUT2D eigenvalue weighted by Crippen LogP contribution is -2.46. The van der Waals surface area contributed by atoms with Crippen molar-refractivity contribution in [3.8, 4) is 0 Å². The highest BCUT2D eigenvalue weighted by atomic mass is 19.1. The van der Waals surface area contributed by atoms with Crippen LogP contribution in [-0.4, -0.2) is 43.4 Å². The Morgan fingerprint density at radius 3 is 2.38 bits per heavy atom. The van der Waals surface area contributed by atoms with E-state index < -0.39 is 0 Å². The van der Waals surface area contributed by atoms with Gasteiger partial charge in [-0.1, -0.05) is 42.5 Å². The number of hydrogen-bond acceptors (Lipinski definition) is 2. The number of nitrogens with one attached hydrogen (secondary N) is 2. The molecule has 29 heavy (non-hydrogen) atoms. The van der Waals surface area contributed by atoms with Crippen molar-refractivity contribution in [3.05, 3.63) is 71.5 Å². The number of benzene rings is 2. The molecule has 0 aromatic heterocycles. The first kappa shape index (κ1) is 20.8. The Bertz CT molecular complexity index is 799. The Morgan fingerprint density at radius 1 is 1.03 bits per heavy atom. The largest absolute Gasteiger partial charge is 0.352 e. The van der Waals surface area contributed by atoms with Crippen LogP contribution >= 0.6 is 0 Å². The fraction of sp³-hybridized carbons (Fsp3) is 0.391. The maximum atomic E-state index is 13.0. The van der Waals surface area contributed by atoms with Gasteiger partial charge in [-0.15, -0.1) is 0 Å². The number of rotatable bonds is 6. The van der Waals surface area contributed by atoms with E-state index in [1.165, 1.54) is 17.7 Å². The summed E-state index contributed by atoms with van der Waals surface area (Å²) in [7, 11) is 1.67. The van der Waals surface area contributed by atoms with E-state index in [0.717, 1.165) is 37.9 Å². The highest BCUT2D eigenvalue weighted by molar-refractivity contribution is 5.86. The van der Waals surface area contributed by atoms with Crippen molar-refractivity contribution in [2.24, 2.45) is 10.9 Å². The molecule has 2 aromatic carbocycles. The average Bonchev–Trinajstić information content (AvgIpc) is 2.76. The smallest absolute Gasteiger partial charge is 0.241 e. The molecule has 0 saturated carbocycles. The van der Waals surface area contributed by atoms with Crippen molar-refractivity contribution in [3.63, 3.8) is 0 Å². The van der Waals surface area contributed by atoms with Gasteiger partial charge < -0.3 is 15.5 Å². The minimum absolute atomic E-state index is 0.0906. The van der Waals surface area contributed by atoms with Gasteiger partial charge in [-0.3, -0.25) is 9.79 Å². The van der Waals surface area contributed by atoms with Crippen molar-refractivity contribution in [2.45, 2.75) is 25.8 Å². The number of piperidine rings is 1. The van der Waals surface area contributed by atoms with E-state index in [2.05, 4.69) is 39.9 Å². The predicted molar refractivity (Wildman–Crippen MR) is 114 cm³/mol. The zero-order chi connectivity index (χ0) is 20.5. The number of aliphatic imine (C=N–C) groups is 1. The van der Waals surface area contributed by atoms with E-state index in [0.29, 0.717) is 18.4 Å². The van der Waals surface area contributed by atoms with Crippen molar-refractivity contribution in [2.75, 3.05) is 26.7 Å². The SMILES string of the molecule is CN=C(NCC(=O)N1CCC(Cc2ccccc2)CC1)NCc1ccc(F)cc1. The summed E-state index contributed by atoms with van der Waals surface area (Å²) in [4.78, 5) is 18.6. The molecule has 1 saturated heterocycles. The van der Waals surface area contributed by atoms with Gasteiger partial charge in [-0.05, 0) is 48.4 Å². The number of guanidine groups is 1. The molecule has 1 amide bonds. The van der Waals surface area contributed by atoms with Crippen molar-refractivity contribution in [1.29, 1.82) is 0 Å². The molecular weight excluding hydrogens is 367 g/mol. The maximum absolute atomic E-state index is 13.0. The number of carbonyl (C=O) groups is 1. The number of nitrogens with zero attached hydrogens (tertiary/aromatic N) is 2. The summed E-state index contributed by atoms with van der Waals surface area (Å²) in [6, 6.07) is 16.8. The van der Waals surface area contributed by atoms with E-state index in [1.54, 1.807) is 19.2 Å². The van der Waals surface area contributed by atoms with Gasteiger partial charge in [0.05, 0.1) is 6.54 Å². The highest BCUT2D eigenvalue weighted by Crippen LogP contribution is 2.21. The molecule has 0 unspecified atom stereocenters. The third-order valence-corrected chi connectivity index (χ3v) is 5.34. The summed E-state index contributed by atoms with van der Waals surface area (Å²) < 4.78 is 13.0. The van der Waals surface area contributed by atoms with Crippen LogP contribution in [0.5, 0.6) is 0 Å². The molecule has 1 fully saturated rings. The lowest BCUT2D eigenvalue weighted by molar-refractivity contribution is -0.131. The minimum Gasteiger partial charge on any atom is -0.352 e. The molecule has 0 bridgehead atoms. The fourth-order valence-electron chi connectivity index (χ4n) is 3.61. The lowest BCUT2D eigenvalue weighted by atomic mass is 9.90. The molecule has 1 aliphatic heterocycles. The zero-order valence-corrected chi connectivity index (χ0v) is 16.9. The van der Waals surface area contributed by atoms with Gasteiger partial charge in [0, 0.05) is 26.7 Å². The summed E-state index contributed by atoms with van der Waals surface area (Å²) in [6.07, 6.45) is 3.16. The Hall–Kier alpha value is -2.89. The van der Waals surface area contributed by atoms with Crippen LogP contribution in [0, 0.1) is 11.7 Å². The summed E-state index contributed by atoms with van der Waals surface area (Å²) in [5.41, 5.74) is 2.32. The second-order valence-corrected chi connectivity index (χ2v) is 7.42. The number of carbonyl (C=O) groups excluding carboxylic acids is 1. The van der Waals surface area contributed by atoms with E-state index in [9.17, 15) is 9.18 Å². The van der Waals surface area contributed by atoms with Crippen molar-refractivity contribution >= 4 is 11.9 Å². The van der Waals surface area contributed by atoms with Gasteiger partial charge >= 0.3 is 0 Å². The molecule has 5 nitrogen and oxygen atoms in total. The van der Waals surface area contributed by atoms with Crippen LogP contribution in [0.25, 0.3) is 0 Å². The van der Waals surface area contributed by atoms with Crippen LogP contribution in [0.4, 0.5) is 4.39 Å². The molecule has 0 aliphatic carbocycles. The zero-order valence-electron chi connectivity index (χ0n) is 16.9. The molecule has 2 N–H and O–H groups in total. The number of hydrogen-bond donors (Lipinski definition) is 2. The first-order valence-electron chi connectivity index (χ1n) is 10.1. The predicted octanol–water partition coefficient (Wildman–Crippen LogP) is 2.97. The molecule has 1 heterocycles. The van der Waals surface area contributed by atoms with Crippen LogP contribution in [-0.2, 0) is 17.8 Å². The van der Waals surface area contributed by atoms with E-state index in [4.69, 9.17) is 0 Å². The Balaban J connectivity index is 1.38. The topological polar surface area (TPSA) is 56.7 Å². The van der Waals surface area contributed by atoms with Gasteiger partial charge in [0.2, 0.25) is 5.91 Å². The molecule has 0 atom stereocenters. The van der Waals surface area contributed by atoms with Crippen LogP contribution in [0.15, 0.2) is 59.6 Å². The summed E-state index contributed by atoms with van der Waals surface area (Å²) in [5, 5.41) is 6.22. The third-order valence-electron chi connectivity index (χ3n) is 5.34. The fourth-order valence-corrected chi connectivity index (χ4v) is 3.61. The number of halogens is 1. The van der Waals surface area contributed by atoms with Gasteiger partial charge in [-0.25, -0.2) is 4.39 Å². The maximum Gasteiger partial charge on any atom is 0.241 e. The summed E-state index contributed by atoms with van der Waals surface area (Å²) in [5.74, 6) is 1.03. The lowest BCUT2D eigenvalue weighted by Gasteiger charge is -2.32. The molecular formula is C23H29FN4O. The molecule has 2 aromatic rings. The Morgan fingerprint density at radius 2 is 1.72 bits per heavy atom. The highest BCUT2D eigenvalue weighted by Gasteiger charge is 2.22. The standard InChI is InChI=1S/C23H29FN4O/c1-25-23(26-16-20-7-9-21(24)10-8-20)27-17-22(29)28-13-11-19(12-14-28)15-18-5-3-2-4-6-18/h2-10,19H,11-17H2,1H3,(H2,25,26,27). The van der Waals surface area contributed by atoms with Crippen molar-refractivity contribution in [1.82, 2.24) is 15.5 Å². The molecule has 3 rings (SSSR count). The van der Waals surface area contributed by atoms with E-state index in [1.807, 2.05) is 11.0 Å². The van der Waals surface area contributed by atoms with E-state index in [-0.39, 0.29) is 18.3 Å². The first-order chi connectivity index (χ1) is 14.1. The quantitative estimate of drug-likeness (QED) is 0.583. The monoisotopic (exact) mass is 396 g/mol. The average molecular weight is 397 g/mol. The molecule has 154 valence electrons. The van der Waals surface area contributed by atoms with E-state index >= 15 is 0 Å². The molecule has 6 heteroatoms. The molecule has 0 spiro atoms. The van der Waals surface area contributed by atoms with Crippen LogP contribution in [0.1, 0.15) is 24.0 Å². The number of likely N-dealkylation sites (tertiary alicyclic amines) is 1. The molecule has 0 radical (unpaired) electrons. The first-order valence-corrected chi connectivity index (χ1v) is 10.1. The summed E-state index contributed by atoms with van der Waals surface area (Å²) >= 11 is 0. The van der Waals surface area contributed by atoms with Gasteiger partial charge in [0.1, 0.15) is 5.82 Å². The van der Waals surface area contributed by atoms with Gasteiger partial charge in [0.25, 0.3) is 0 Å². The summed E-state index contributed by atoms with van der Waals surface area (Å²) in [6.45, 7) is 2.34. The second kappa shape index (κ2) is 10.6. The van der Waals surface area contributed by atoms with Crippen LogP contribution in [0.3, 0.4) is 0 Å². The Labute approximate surface area is 172 Å². The number of amides is 1.